The molecule has 0 aromatic heterocycles. The quantitative estimate of drug-likeness (QED) is 0.747. The minimum atomic E-state index is -0.730. The average Bonchev–Trinajstić information content (AvgIpc) is 2.83. The number of amides is 1. The van der Waals surface area contributed by atoms with E-state index in [-0.39, 0.29) is 5.91 Å². The molecule has 18 heavy (non-hydrogen) atoms. The van der Waals surface area contributed by atoms with Crippen molar-refractivity contribution in [1.82, 2.24) is 5.32 Å². The van der Waals surface area contributed by atoms with Crippen molar-refractivity contribution in [3.63, 3.8) is 0 Å². The van der Waals surface area contributed by atoms with Gasteiger partial charge in [0.1, 0.15) is 6.04 Å². The van der Waals surface area contributed by atoms with Crippen LogP contribution in [0.3, 0.4) is 0 Å². The smallest absolute Gasteiger partial charge is 0.241 e. The molecule has 1 aromatic rings. The zero-order valence-electron chi connectivity index (χ0n) is 10.4. The molecule has 2 rings (SSSR count). The van der Waals surface area contributed by atoms with Gasteiger partial charge in [0.2, 0.25) is 5.91 Å². The SMILES string of the molecule is N[C@H](C(=O)NCC1(O)CCCC1)c1ccccc1. The van der Waals surface area contributed by atoms with Gasteiger partial charge in [-0.25, -0.2) is 0 Å². The number of aliphatic hydroxyl groups is 1. The van der Waals surface area contributed by atoms with Crippen LogP contribution < -0.4 is 11.1 Å². The van der Waals surface area contributed by atoms with E-state index in [1.54, 1.807) is 0 Å². The second kappa shape index (κ2) is 5.50. The Bertz CT molecular complexity index is 400. The average molecular weight is 248 g/mol. The third-order valence-corrected chi connectivity index (χ3v) is 3.57. The zero-order chi connectivity index (χ0) is 13.0. The number of nitrogens with one attached hydrogen (secondary N) is 1. The highest BCUT2D eigenvalue weighted by atomic mass is 16.3. The topological polar surface area (TPSA) is 75.4 Å². The summed E-state index contributed by atoms with van der Waals surface area (Å²) in [6.07, 6.45) is 3.57. The number of carbonyl (C=O) groups is 1. The monoisotopic (exact) mass is 248 g/mol. The van der Waals surface area contributed by atoms with Gasteiger partial charge >= 0.3 is 0 Å². The van der Waals surface area contributed by atoms with Crippen LogP contribution in [0.15, 0.2) is 30.3 Å². The number of benzene rings is 1. The lowest BCUT2D eigenvalue weighted by Gasteiger charge is -2.23. The largest absolute Gasteiger partial charge is 0.388 e. The fraction of sp³-hybridized carbons (Fsp3) is 0.500. The van der Waals surface area contributed by atoms with E-state index in [0.29, 0.717) is 6.54 Å². The minimum Gasteiger partial charge on any atom is -0.388 e. The predicted molar refractivity (Wildman–Crippen MR) is 69.8 cm³/mol. The van der Waals surface area contributed by atoms with Gasteiger partial charge in [0.05, 0.1) is 5.60 Å². The van der Waals surface area contributed by atoms with Crippen LogP contribution in [0.25, 0.3) is 0 Å². The van der Waals surface area contributed by atoms with Crippen molar-refractivity contribution in [3.8, 4) is 0 Å². The van der Waals surface area contributed by atoms with Crippen LogP contribution in [0.4, 0.5) is 0 Å². The number of carbonyl (C=O) groups excluding carboxylic acids is 1. The Morgan fingerprint density at radius 2 is 1.94 bits per heavy atom. The second-order valence-electron chi connectivity index (χ2n) is 5.04. The Hall–Kier alpha value is -1.39. The maximum absolute atomic E-state index is 11.9. The molecule has 0 bridgehead atoms. The summed E-state index contributed by atoms with van der Waals surface area (Å²) in [6.45, 7) is 0.298. The van der Waals surface area contributed by atoms with Gasteiger partial charge in [-0.1, -0.05) is 43.2 Å². The van der Waals surface area contributed by atoms with Gasteiger partial charge < -0.3 is 16.2 Å². The van der Waals surface area contributed by atoms with Gasteiger partial charge in [-0.3, -0.25) is 4.79 Å². The summed E-state index contributed by atoms with van der Waals surface area (Å²) < 4.78 is 0. The molecule has 1 aliphatic carbocycles. The summed E-state index contributed by atoms with van der Waals surface area (Å²) in [5, 5.41) is 12.9. The third kappa shape index (κ3) is 3.09. The van der Waals surface area contributed by atoms with E-state index in [1.165, 1.54) is 0 Å². The van der Waals surface area contributed by atoms with Crippen LogP contribution in [-0.4, -0.2) is 23.2 Å². The van der Waals surface area contributed by atoms with E-state index in [4.69, 9.17) is 5.73 Å². The molecular formula is C14H20N2O2. The Labute approximate surface area is 107 Å². The first-order valence-electron chi connectivity index (χ1n) is 6.41. The molecular weight excluding hydrogens is 228 g/mol. The Morgan fingerprint density at radius 1 is 1.33 bits per heavy atom. The highest BCUT2D eigenvalue weighted by Crippen LogP contribution is 2.28. The molecule has 4 heteroatoms. The van der Waals surface area contributed by atoms with E-state index in [1.807, 2.05) is 30.3 Å². The summed E-state index contributed by atoms with van der Waals surface area (Å²) in [4.78, 5) is 11.9. The second-order valence-corrected chi connectivity index (χ2v) is 5.04. The summed E-state index contributed by atoms with van der Waals surface area (Å²) in [5.74, 6) is -0.235. The first kappa shape index (κ1) is 13.1. The molecule has 1 aromatic carbocycles. The van der Waals surface area contributed by atoms with E-state index < -0.39 is 11.6 Å². The first-order chi connectivity index (χ1) is 8.61. The maximum Gasteiger partial charge on any atom is 0.241 e. The molecule has 0 saturated heterocycles. The lowest BCUT2D eigenvalue weighted by molar-refractivity contribution is -0.123. The molecule has 1 saturated carbocycles. The molecule has 1 amide bonds. The molecule has 4 nitrogen and oxygen atoms in total. The van der Waals surface area contributed by atoms with Crippen molar-refractivity contribution in [2.24, 2.45) is 5.73 Å². The molecule has 1 atom stereocenters. The van der Waals surface area contributed by atoms with Crippen LogP contribution in [0.5, 0.6) is 0 Å². The Morgan fingerprint density at radius 3 is 2.56 bits per heavy atom. The zero-order valence-corrected chi connectivity index (χ0v) is 10.4. The van der Waals surface area contributed by atoms with Crippen LogP contribution in [0, 0.1) is 0 Å². The number of rotatable bonds is 4. The van der Waals surface area contributed by atoms with Gasteiger partial charge in [-0.05, 0) is 18.4 Å². The van der Waals surface area contributed by atoms with Crippen LogP contribution >= 0.6 is 0 Å². The Balaban J connectivity index is 1.88. The fourth-order valence-electron chi connectivity index (χ4n) is 2.38. The van der Waals surface area contributed by atoms with Crippen LogP contribution in [0.1, 0.15) is 37.3 Å². The molecule has 1 aliphatic rings. The first-order valence-corrected chi connectivity index (χ1v) is 6.41. The van der Waals surface area contributed by atoms with Crippen molar-refractivity contribution in [3.05, 3.63) is 35.9 Å². The number of hydrogen-bond acceptors (Lipinski definition) is 3. The van der Waals surface area contributed by atoms with Gasteiger partial charge in [0.15, 0.2) is 0 Å². The lowest BCUT2D eigenvalue weighted by atomic mass is 10.0. The van der Waals surface area contributed by atoms with Crippen molar-refractivity contribution in [2.75, 3.05) is 6.54 Å². The number of nitrogens with two attached hydrogens (primary N) is 1. The molecule has 0 unspecified atom stereocenters. The summed E-state index contributed by atoms with van der Waals surface area (Å²) in [6, 6.07) is 8.58. The highest BCUT2D eigenvalue weighted by molar-refractivity contribution is 5.82. The molecule has 1 fully saturated rings. The number of hydrogen-bond donors (Lipinski definition) is 3. The summed E-state index contributed by atoms with van der Waals surface area (Å²) >= 11 is 0. The molecule has 0 aliphatic heterocycles. The fourth-order valence-corrected chi connectivity index (χ4v) is 2.38. The summed E-state index contributed by atoms with van der Waals surface area (Å²) in [7, 11) is 0. The highest BCUT2D eigenvalue weighted by Gasteiger charge is 2.31. The minimum absolute atomic E-state index is 0.235. The predicted octanol–water partition coefficient (Wildman–Crippen LogP) is 1.11. The molecule has 98 valence electrons. The van der Waals surface area contributed by atoms with Crippen molar-refractivity contribution < 1.29 is 9.90 Å². The lowest BCUT2D eigenvalue weighted by Crippen LogP contribution is -2.44. The molecule has 4 N–H and O–H groups in total. The van der Waals surface area contributed by atoms with Gasteiger partial charge in [-0.15, -0.1) is 0 Å². The Kier molecular flexibility index (Phi) is 3.99. The maximum atomic E-state index is 11.9. The molecule has 0 heterocycles. The van der Waals surface area contributed by atoms with Crippen LogP contribution in [-0.2, 0) is 4.79 Å². The van der Waals surface area contributed by atoms with Gasteiger partial charge in [0.25, 0.3) is 0 Å². The van der Waals surface area contributed by atoms with E-state index in [0.717, 1.165) is 31.2 Å². The van der Waals surface area contributed by atoms with E-state index in [2.05, 4.69) is 5.32 Å². The van der Waals surface area contributed by atoms with Crippen LogP contribution in [0.2, 0.25) is 0 Å². The molecule has 0 radical (unpaired) electrons. The van der Waals surface area contributed by atoms with E-state index >= 15 is 0 Å². The van der Waals surface area contributed by atoms with Crippen molar-refractivity contribution >= 4 is 5.91 Å². The van der Waals surface area contributed by atoms with Gasteiger partial charge in [0, 0.05) is 6.54 Å². The normalized spacial score (nSPS) is 19.4. The van der Waals surface area contributed by atoms with Crippen molar-refractivity contribution in [2.45, 2.75) is 37.3 Å². The van der Waals surface area contributed by atoms with E-state index in [9.17, 15) is 9.90 Å². The molecule has 0 spiro atoms. The van der Waals surface area contributed by atoms with Gasteiger partial charge in [-0.2, -0.15) is 0 Å². The standard InChI is InChI=1S/C14H20N2O2/c15-12(11-6-2-1-3-7-11)13(17)16-10-14(18)8-4-5-9-14/h1-3,6-7,12,18H,4-5,8-10,15H2,(H,16,17)/t12-/m0/s1. The third-order valence-electron chi connectivity index (χ3n) is 3.57. The van der Waals surface area contributed by atoms with Crippen molar-refractivity contribution in [1.29, 1.82) is 0 Å². The summed E-state index contributed by atoms with van der Waals surface area (Å²) in [5.41, 5.74) is 5.93.